The fourth-order valence-electron chi connectivity index (χ4n) is 1.28. The number of benzene rings is 1. The second-order valence-electron chi connectivity index (χ2n) is 3.47. The van der Waals surface area contributed by atoms with Gasteiger partial charge in [0.15, 0.2) is 0 Å². The average molecular weight is 231 g/mol. The molecule has 0 atom stereocenters. The molecule has 1 aromatic carbocycles. The molecule has 0 bridgehead atoms. The van der Waals surface area contributed by atoms with Gasteiger partial charge in [-0.3, -0.25) is 5.43 Å². The minimum Gasteiger partial charge on any atom is -0.252 e. The normalized spacial score (nSPS) is 11.5. The molecule has 0 aliphatic rings. The van der Waals surface area contributed by atoms with Crippen molar-refractivity contribution in [3.05, 3.63) is 47.0 Å². The van der Waals surface area contributed by atoms with Crippen molar-refractivity contribution in [1.82, 2.24) is 4.98 Å². The van der Waals surface area contributed by atoms with Gasteiger partial charge in [0.05, 0.1) is 11.4 Å². The number of thiazole rings is 1. The van der Waals surface area contributed by atoms with E-state index < -0.39 is 0 Å². The lowest BCUT2D eigenvalue weighted by Crippen LogP contribution is -1.99. The van der Waals surface area contributed by atoms with Crippen molar-refractivity contribution in [3.8, 4) is 0 Å². The summed E-state index contributed by atoms with van der Waals surface area (Å²) in [6, 6.07) is 10.1. The third kappa shape index (κ3) is 2.67. The summed E-state index contributed by atoms with van der Waals surface area (Å²) in [6.07, 6.45) is 0. The standard InChI is InChI=1S/C12H13N3S/c1-9-8-16-12(13-9)15-14-10(2)11-6-4-3-5-7-11/h3-8H,1-2H3,(H,13,15)/b14-10+. The van der Waals surface area contributed by atoms with E-state index in [0.717, 1.165) is 22.1 Å². The van der Waals surface area contributed by atoms with E-state index in [1.807, 2.05) is 49.6 Å². The number of hydrogen-bond donors (Lipinski definition) is 1. The number of rotatable bonds is 3. The quantitative estimate of drug-likeness (QED) is 0.650. The number of hydrogen-bond acceptors (Lipinski definition) is 4. The summed E-state index contributed by atoms with van der Waals surface area (Å²) in [6.45, 7) is 3.94. The molecule has 0 saturated carbocycles. The van der Waals surface area contributed by atoms with Crippen LogP contribution in [0.1, 0.15) is 18.2 Å². The first-order valence-corrected chi connectivity index (χ1v) is 5.91. The molecule has 0 radical (unpaired) electrons. The fourth-order valence-corrected chi connectivity index (χ4v) is 1.91. The maximum absolute atomic E-state index is 4.29. The summed E-state index contributed by atoms with van der Waals surface area (Å²) < 4.78 is 0. The Morgan fingerprint density at radius 2 is 2.06 bits per heavy atom. The Morgan fingerprint density at radius 3 is 2.69 bits per heavy atom. The summed E-state index contributed by atoms with van der Waals surface area (Å²) >= 11 is 1.56. The molecule has 0 spiro atoms. The van der Waals surface area contributed by atoms with Crippen LogP contribution in [0.25, 0.3) is 0 Å². The monoisotopic (exact) mass is 231 g/mol. The molecule has 1 aromatic heterocycles. The topological polar surface area (TPSA) is 37.3 Å². The maximum Gasteiger partial charge on any atom is 0.203 e. The molecule has 0 amide bonds. The predicted molar refractivity (Wildman–Crippen MR) is 69.1 cm³/mol. The molecular weight excluding hydrogens is 218 g/mol. The van der Waals surface area contributed by atoms with Crippen LogP contribution in [0.2, 0.25) is 0 Å². The van der Waals surface area contributed by atoms with Crippen LogP contribution in [0.15, 0.2) is 40.8 Å². The predicted octanol–water partition coefficient (Wildman–Crippen LogP) is 3.29. The molecule has 16 heavy (non-hydrogen) atoms. The third-order valence-electron chi connectivity index (χ3n) is 2.13. The molecule has 4 heteroatoms. The lowest BCUT2D eigenvalue weighted by atomic mass is 10.1. The largest absolute Gasteiger partial charge is 0.252 e. The first-order valence-electron chi connectivity index (χ1n) is 5.03. The minimum atomic E-state index is 0.827. The van der Waals surface area contributed by atoms with E-state index in [1.54, 1.807) is 11.3 Å². The van der Waals surface area contributed by atoms with Crippen LogP contribution in [0.3, 0.4) is 0 Å². The Balaban J connectivity index is 2.08. The number of aromatic nitrogens is 1. The van der Waals surface area contributed by atoms with Crippen LogP contribution < -0.4 is 5.43 Å². The summed E-state index contributed by atoms with van der Waals surface area (Å²) in [7, 11) is 0. The van der Waals surface area contributed by atoms with Gasteiger partial charge in [0.25, 0.3) is 0 Å². The Kier molecular flexibility index (Phi) is 3.31. The van der Waals surface area contributed by atoms with Crippen molar-refractivity contribution in [2.75, 3.05) is 5.43 Å². The van der Waals surface area contributed by atoms with Crippen LogP contribution in [-0.2, 0) is 0 Å². The van der Waals surface area contributed by atoms with Crippen molar-refractivity contribution in [3.63, 3.8) is 0 Å². The van der Waals surface area contributed by atoms with E-state index in [9.17, 15) is 0 Å². The molecule has 1 heterocycles. The highest BCUT2D eigenvalue weighted by Crippen LogP contribution is 2.14. The summed E-state index contributed by atoms with van der Waals surface area (Å²) in [5, 5.41) is 7.11. The molecule has 2 rings (SSSR count). The third-order valence-corrected chi connectivity index (χ3v) is 2.99. The highest BCUT2D eigenvalue weighted by Gasteiger charge is 1.98. The zero-order valence-electron chi connectivity index (χ0n) is 9.27. The second kappa shape index (κ2) is 4.90. The highest BCUT2D eigenvalue weighted by atomic mass is 32.1. The van der Waals surface area contributed by atoms with Crippen molar-refractivity contribution >= 4 is 22.2 Å². The number of aryl methyl sites for hydroxylation is 1. The first-order chi connectivity index (χ1) is 7.75. The Labute approximate surface area is 98.9 Å². The van der Waals surface area contributed by atoms with Gasteiger partial charge in [-0.25, -0.2) is 4.98 Å². The molecule has 0 saturated heterocycles. The molecule has 0 fully saturated rings. The van der Waals surface area contributed by atoms with Gasteiger partial charge in [-0.05, 0) is 19.4 Å². The van der Waals surface area contributed by atoms with Gasteiger partial charge in [-0.1, -0.05) is 30.3 Å². The SMILES string of the molecule is C/C(=N\Nc1nc(C)cs1)c1ccccc1. The maximum atomic E-state index is 4.29. The molecule has 2 aromatic rings. The smallest absolute Gasteiger partial charge is 0.203 e. The van der Waals surface area contributed by atoms with Gasteiger partial charge in [0.1, 0.15) is 0 Å². The number of nitrogens with one attached hydrogen (secondary N) is 1. The molecule has 0 aliphatic carbocycles. The number of anilines is 1. The van der Waals surface area contributed by atoms with Crippen molar-refractivity contribution in [2.45, 2.75) is 13.8 Å². The van der Waals surface area contributed by atoms with E-state index >= 15 is 0 Å². The van der Waals surface area contributed by atoms with Crippen LogP contribution >= 0.6 is 11.3 Å². The zero-order chi connectivity index (χ0) is 11.4. The van der Waals surface area contributed by atoms with Crippen LogP contribution in [0.5, 0.6) is 0 Å². The fraction of sp³-hybridized carbons (Fsp3) is 0.167. The van der Waals surface area contributed by atoms with E-state index in [4.69, 9.17) is 0 Å². The summed E-state index contributed by atoms with van der Waals surface area (Å²) in [5.41, 5.74) is 6.04. The highest BCUT2D eigenvalue weighted by molar-refractivity contribution is 7.13. The lowest BCUT2D eigenvalue weighted by molar-refractivity contribution is 1.21. The van der Waals surface area contributed by atoms with E-state index in [0.29, 0.717) is 0 Å². The van der Waals surface area contributed by atoms with Crippen molar-refractivity contribution < 1.29 is 0 Å². The van der Waals surface area contributed by atoms with Gasteiger partial charge >= 0.3 is 0 Å². The van der Waals surface area contributed by atoms with Crippen LogP contribution in [0, 0.1) is 6.92 Å². The van der Waals surface area contributed by atoms with Gasteiger partial charge in [-0.2, -0.15) is 5.10 Å². The van der Waals surface area contributed by atoms with E-state index in [2.05, 4.69) is 15.5 Å². The van der Waals surface area contributed by atoms with Gasteiger partial charge in [-0.15, -0.1) is 11.3 Å². The Hall–Kier alpha value is -1.68. The molecule has 1 N–H and O–H groups in total. The molecule has 0 aliphatic heterocycles. The van der Waals surface area contributed by atoms with Crippen LogP contribution in [-0.4, -0.2) is 10.7 Å². The Morgan fingerprint density at radius 1 is 1.31 bits per heavy atom. The second-order valence-corrected chi connectivity index (χ2v) is 4.33. The Bertz CT molecular complexity index is 488. The van der Waals surface area contributed by atoms with Gasteiger partial charge in [0.2, 0.25) is 5.13 Å². The van der Waals surface area contributed by atoms with Crippen molar-refractivity contribution in [1.29, 1.82) is 0 Å². The summed E-state index contributed by atoms with van der Waals surface area (Å²) in [5.74, 6) is 0. The number of hydrazone groups is 1. The zero-order valence-corrected chi connectivity index (χ0v) is 10.1. The summed E-state index contributed by atoms with van der Waals surface area (Å²) in [4.78, 5) is 4.28. The van der Waals surface area contributed by atoms with Crippen molar-refractivity contribution in [2.24, 2.45) is 5.10 Å². The van der Waals surface area contributed by atoms with Gasteiger partial charge < -0.3 is 0 Å². The minimum absolute atomic E-state index is 0.827. The average Bonchev–Trinajstić information content (AvgIpc) is 2.73. The van der Waals surface area contributed by atoms with E-state index in [1.165, 1.54) is 0 Å². The van der Waals surface area contributed by atoms with E-state index in [-0.39, 0.29) is 0 Å². The molecule has 82 valence electrons. The molecule has 3 nitrogen and oxygen atoms in total. The van der Waals surface area contributed by atoms with Crippen LogP contribution in [0.4, 0.5) is 5.13 Å². The first kappa shape index (κ1) is 10.8. The van der Waals surface area contributed by atoms with Gasteiger partial charge in [0, 0.05) is 5.38 Å². The molecule has 0 unspecified atom stereocenters. The lowest BCUT2D eigenvalue weighted by Gasteiger charge is -2.00. The number of nitrogens with zero attached hydrogens (tertiary/aromatic N) is 2. The molecular formula is C12H13N3S.